The van der Waals surface area contributed by atoms with Crippen LogP contribution in [0, 0.1) is 0 Å². The predicted octanol–water partition coefficient (Wildman–Crippen LogP) is 2.97. The average molecular weight is 240 g/mol. The molecule has 3 heteroatoms. The summed E-state index contributed by atoms with van der Waals surface area (Å²) in [6, 6.07) is 8.38. The van der Waals surface area contributed by atoms with Gasteiger partial charge < -0.3 is 10.1 Å². The van der Waals surface area contributed by atoms with Gasteiger partial charge in [0.25, 0.3) is 0 Å². The van der Waals surface area contributed by atoms with Gasteiger partial charge in [0.1, 0.15) is 5.75 Å². The van der Waals surface area contributed by atoms with Crippen molar-refractivity contribution in [2.24, 2.45) is 0 Å². The van der Waals surface area contributed by atoms with E-state index in [4.69, 9.17) is 16.3 Å². The molecule has 0 saturated carbocycles. The molecular weight excluding hydrogens is 222 g/mol. The zero-order chi connectivity index (χ0) is 12.0. The molecule has 0 heterocycles. The van der Waals surface area contributed by atoms with Crippen molar-refractivity contribution < 1.29 is 4.74 Å². The lowest BCUT2D eigenvalue weighted by molar-refractivity contribution is 0.406. The summed E-state index contributed by atoms with van der Waals surface area (Å²) in [5, 5.41) is 3.93. The monoisotopic (exact) mass is 239 g/mol. The number of benzene rings is 1. The van der Waals surface area contributed by atoms with Crippen molar-refractivity contribution in [1.82, 2.24) is 5.32 Å². The largest absolute Gasteiger partial charge is 0.496 e. The lowest BCUT2D eigenvalue weighted by Crippen LogP contribution is -2.29. The second kappa shape index (κ2) is 6.56. The molecule has 0 saturated heterocycles. The second-order valence-corrected chi connectivity index (χ2v) is 4.35. The minimum atomic E-state index is 0.340. The fourth-order valence-electron chi connectivity index (χ4n) is 1.56. The van der Waals surface area contributed by atoms with E-state index in [2.05, 4.69) is 24.9 Å². The Bertz CT molecular complexity index is 352. The van der Waals surface area contributed by atoms with Gasteiger partial charge in [0.05, 0.1) is 7.11 Å². The Labute approximate surface area is 102 Å². The van der Waals surface area contributed by atoms with E-state index >= 15 is 0 Å². The van der Waals surface area contributed by atoms with Gasteiger partial charge in [0, 0.05) is 17.6 Å². The molecule has 1 N–H and O–H groups in total. The summed E-state index contributed by atoms with van der Waals surface area (Å²) in [6.45, 7) is 6.40. The molecule has 1 atom stereocenters. The predicted molar refractivity (Wildman–Crippen MR) is 69.2 cm³/mol. The Morgan fingerprint density at radius 3 is 2.81 bits per heavy atom. The smallest absolute Gasteiger partial charge is 0.122 e. The Morgan fingerprint density at radius 1 is 1.50 bits per heavy atom. The Morgan fingerprint density at radius 2 is 2.19 bits per heavy atom. The molecule has 0 aliphatic rings. The fraction of sp³-hybridized carbons (Fsp3) is 0.385. The van der Waals surface area contributed by atoms with Gasteiger partial charge in [-0.25, -0.2) is 0 Å². The molecule has 0 fully saturated rings. The first-order valence-electron chi connectivity index (χ1n) is 5.32. The maximum atomic E-state index is 5.70. The molecule has 0 aromatic heterocycles. The maximum Gasteiger partial charge on any atom is 0.122 e. The van der Waals surface area contributed by atoms with Gasteiger partial charge in [-0.3, -0.25) is 0 Å². The van der Waals surface area contributed by atoms with Crippen molar-refractivity contribution >= 4 is 11.6 Å². The second-order valence-electron chi connectivity index (χ2n) is 3.82. The minimum Gasteiger partial charge on any atom is -0.496 e. The van der Waals surface area contributed by atoms with Crippen molar-refractivity contribution in [3.8, 4) is 5.75 Å². The molecule has 88 valence electrons. The van der Waals surface area contributed by atoms with E-state index in [0.29, 0.717) is 17.6 Å². The molecule has 1 aromatic carbocycles. The van der Waals surface area contributed by atoms with Crippen molar-refractivity contribution in [2.75, 3.05) is 13.7 Å². The van der Waals surface area contributed by atoms with Crippen LogP contribution in [0.15, 0.2) is 35.9 Å². The number of rotatable bonds is 6. The molecule has 1 unspecified atom stereocenters. The van der Waals surface area contributed by atoms with Crippen LogP contribution in [0.25, 0.3) is 0 Å². The van der Waals surface area contributed by atoms with E-state index in [0.717, 1.165) is 12.2 Å². The number of para-hydroxylation sites is 1. The van der Waals surface area contributed by atoms with Crippen LogP contribution in [0.3, 0.4) is 0 Å². The fourth-order valence-corrected chi connectivity index (χ4v) is 1.64. The number of hydrogen-bond donors (Lipinski definition) is 1. The molecule has 2 nitrogen and oxygen atoms in total. The van der Waals surface area contributed by atoms with E-state index in [1.165, 1.54) is 5.56 Å². The standard InChI is InChI=1S/C13H18ClNO/c1-10(14)9-15-11(2)8-12-6-4-5-7-13(12)16-3/h4-7,11,15H,1,8-9H2,2-3H3. The van der Waals surface area contributed by atoms with Crippen molar-refractivity contribution in [2.45, 2.75) is 19.4 Å². The highest BCUT2D eigenvalue weighted by Gasteiger charge is 2.07. The van der Waals surface area contributed by atoms with Crippen LogP contribution in [0.2, 0.25) is 0 Å². The summed E-state index contributed by atoms with van der Waals surface area (Å²) in [5.74, 6) is 0.931. The number of halogens is 1. The first kappa shape index (κ1) is 13.1. The number of methoxy groups -OCH3 is 1. The van der Waals surface area contributed by atoms with Crippen LogP contribution in [0.1, 0.15) is 12.5 Å². The molecular formula is C13H18ClNO. The first-order valence-corrected chi connectivity index (χ1v) is 5.70. The van der Waals surface area contributed by atoms with Crippen LogP contribution in [0.5, 0.6) is 5.75 Å². The third kappa shape index (κ3) is 4.25. The van der Waals surface area contributed by atoms with Crippen molar-refractivity contribution in [3.05, 3.63) is 41.4 Å². The number of ether oxygens (including phenoxy) is 1. The van der Waals surface area contributed by atoms with Gasteiger partial charge in [-0.1, -0.05) is 36.4 Å². The van der Waals surface area contributed by atoms with Gasteiger partial charge >= 0.3 is 0 Å². The van der Waals surface area contributed by atoms with Crippen LogP contribution >= 0.6 is 11.6 Å². The summed E-state index contributed by atoms with van der Waals surface area (Å²) >= 11 is 5.70. The van der Waals surface area contributed by atoms with Crippen LogP contribution in [-0.4, -0.2) is 19.7 Å². The highest BCUT2D eigenvalue weighted by Crippen LogP contribution is 2.18. The molecule has 0 aliphatic heterocycles. The normalized spacial score (nSPS) is 12.2. The average Bonchev–Trinajstić information content (AvgIpc) is 2.27. The number of nitrogens with one attached hydrogen (secondary N) is 1. The molecule has 1 aromatic rings. The van der Waals surface area contributed by atoms with E-state index in [-0.39, 0.29) is 0 Å². The van der Waals surface area contributed by atoms with Crippen LogP contribution in [-0.2, 0) is 6.42 Å². The third-order valence-electron chi connectivity index (χ3n) is 2.36. The summed E-state index contributed by atoms with van der Waals surface area (Å²) < 4.78 is 5.30. The van der Waals surface area contributed by atoms with E-state index in [9.17, 15) is 0 Å². The lowest BCUT2D eigenvalue weighted by atomic mass is 10.1. The van der Waals surface area contributed by atoms with Crippen LogP contribution < -0.4 is 10.1 Å². The SMILES string of the molecule is C=C(Cl)CNC(C)Cc1ccccc1OC. The molecule has 16 heavy (non-hydrogen) atoms. The zero-order valence-electron chi connectivity index (χ0n) is 9.79. The lowest BCUT2D eigenvalue weighted by Gasteiger charge is -2.15. The quantitative estimate of drug-likeness (QED) is 0.824. The van der Waals surface area contributed by atoms with Gasteiger partial charge in [-0.05, 0) is 25.0 Å². The Kier molecular flexibility index (Phi) is 5.36. The van der Waals surface area contributed by atoms with Gasteiger partial charge in [-0.2, -0.15) is 0 Å². The molecule has 0 bridgehead atoms. The molecule has 1 rings (SSSR count). The summed E-state index contributed by atoms with van der Waals surface area (Å²) in [7, 11) is 1.69. The molecule has 0 spiro atoms. The highest BCUT2D eigenvalue weighted by atomic mass is 35.5. The van der Waals surface area contributed by atoms with E-state index in [1.54, 1.807) is 7.11 Å². The van der Waals surface area contributed by atoms with E-state index < -0.39 is 0 Å². The number of hydrogen-bond acceptors (Lipinski definition) is 2. The van der Waals surface area contributed by atoms with Crippen LogP contribution in [0.4, 0.5) is 0 Å². The van der Waals surface area contributed by atoms with Gasteiger partial charge in [0.2, 0.25) is 0 Å². The van der Waals surface area contributed by atoms with E-state index in [1.807, 2.05) is 18.2 Å². The minimum absolute atomic E-state index is 0.340. The third-order valence-corrected chi connectivity index (χ3v) is 2.49. The maximum absolute atomic E-state index is 5.70. The first-order chi connectivity index (χ1) is 7.63. The molecule has 0 amide bonds. The zero-order valence-corrected chi connectivity index (χ0v) is 10.6. The summed E-state index contributed by atoms with van der Waals surface area (Å²) in [5.41, 5.74) is 1.20. The molecule has 0 radical (unpaired) electrons. The van der Waals surface area contributed by atoms with Crippen molar-refractivity contribution in [1.29, 1.82) is 0 Å². The summed E-state index contributed by atoms with van der Waals surface area (Å²) in [6.07, 6.45) is 0.911. The Hall–Kier alpha value is -0.990. The van der Waals surface area contributed by atoms with Gasteiger partial charge in [0.15, 0.2) is 0 Å². The highest BCUT2D eigenvalue weighted by molar-refractivity contribution is 6.29. The topological polar surface area (TPSA) is 21.3 Å². The van der Waals surface area contributed by atoms with Crippen molar-refractivity contribution in [3.63, 3.8) is 0 Å². The summed E-state index contributed by atoms with van der Waals surface area (Å²) in [4.78, 5) is 0. The van der Waals surface area contributed by atoms with Gasteiger partial charge in [-0.15, -0.1) is 0 Å². The molecule has 0 aliphatic carbocycles. The Balaban J connectivity index is 2.55.